The standard InChI is InChI=1S/C17H20N4O5/c1-20(2)6-5-18-15(22)12-8-19-17(24)21(16(12)23)9-11-3-4-13-14(7-11)26-10-25-13/h3-4,7-8H,5-6,9-10H2,1-2H3,(H,18,22)(H,19,24). The van der Waals surface area contributed by atoms with Gasteiger partial charge in [-0.1, -0.05) is 6.07 Å². The van der Waals surface area contributed by atoms with Gasteiger partial charge in [0.15, 0.2) is 11.5 Å². The van der Waals surface area contributed by atoms with Crippen LogP contribution in [0.5, 0.6) is 11.5 Å². The van der Waals surface area contributed by atoms with E-state index in [4.69, 9.17) is 9.47 Å². The molecule has 2 aromatic rings. The van der Waals surface area contributed by atoms with Crippen LogP contribution in [0.4, 0.5) is 0 Å². The van der Waals surface area contributed by atoms with Crippen molar-refractivity contribution in [2.75, 3.05) is 34.0 Å². The second-order valence-corrected chi connectivity index (χ2v) is 6.15. The Bertz CT molecular complexity index is 931. The monoisotopic (exact) mass is 360 g/mol. The Kier molecular flexibility index (Phi) is 5.08. The largest absolute Gasteiger partial charge is 0.454 e. The molecule has 0 saturated heterocycles. The predicted octanol–water partition coefficient (Wildman–Crippen LogP) is -0.395. The van der Waals surface area contributed by atoms with Crippen molar-refractivity contribution < 1.29 is 14.3 Å². The van der Waals surface area contributed by atoms with Crippen molar-refractivity contribution in [3.8, 4) is 11.5 Å². The lowest BCUT2D eigenvalue weighted by Crippen LogP contribution is -2.41. The molecule has 0 radical (unpaired) electrons. The summed E-state index contributed by atoms with van der Waals surface area (Å²) in [5, 5.41) is 2.66. The molecule has 0 fully saturated rings. The molecule has 9 heteroatoms. The minimum Gasteiger partial charge on any atom is -0.454 e. The molecule has 3 rings (SSSR count). The number of rotatable bonds is 6. The maximum Gasteiger partial charge on any atom is 0.328 e. The number of hydrogen-bond donors (Lipinski definition) is 2. The number of nitrogens with one attached hydrogen (secondary N) is 2. The Morgan fingerprint density at radius 2 is 2.04 bits per heavy atom. The number of amides is 1. The number of H-pyrrole nitrogens is 1. The van der Waals surface area contributed by atoms with Crippen LogP contribution < -0.4 is 26.0 Å². The van der Waals surface area contributed by atoms with Crippen LogP contribution in [-0.4, -0.2) is 54.3 Å². The number of hydrogen-bond acceptors (Lipinski definition) is 6. The number of likely N-dealkylation sites (N-methyl/N-ethyl adjacent to an activating group) is 1. The van der Waals surface area contributed by atoms with Gasteiger partial charge in [-0.05, 0) is 31.8 Å². The maximum absolute atomic E-state index is 12.6. The quantitative estimate of drug-likeness (QED) is 0.727. The fraction of sp³-hybridized carbons (Fsp3) is 0.353. The zero-order chi connectivity index (χ0) is 18.7. The number of fused-ring (bicyclic) bond motifs is 1. The Balaban J connectivity index is 1.82. The fourth-order valence-electron chi connectivity index (χ4n) is 2.53. The number of benzene rings is 1. The number of nitrogens with zero attached hydrogens (tertiary/aromatic N) is 2. The first-order valence-corrected chi connectivity index (χ1v) is 8.09. The van der Waals surface area contributed by atoms with E-state index >= 15 is 0 Å². The van der Waals surface area contributed by atoms with E-state index in [0.717, 1.165) is 10.8 Å². The van der Waals surface area contributed by atoms with Gasteiger partial charge in [-0.15, -0.1) is 0 Å². The van der Waals surface area contributed by atoms with E-state index in [9.17, 15) is 14.4 Å². The summed E-state index contributed by atoms with van der Waals surface area (Å²) in [6, 6.07) is 5.16. The van der Waals surface area contributed by atoms with Crippen molar-refractivity contribution in [3.63, 3.8) is 0 Å². The lowest BCUT2D eigenvalue weighted by molar-refractivity contribution is 0.0948. The van der Waals surface area contributed by atoms with Crippen molar-refractivity contribution >= 4 is 5.91 Å². The van der Waals surface area contributed by atoms with Gasteiger partial charge in [0.25, 0.3) is 11.5 Å². The average Bonchev–Trinajstić information content (AvgIpc) is 3.06. The first-order chi connectivity index (χ1) is 12.5. The second-order valence-electron chi connectivity index (χ2n) is 6.15. The maximum atomic E-state index is 12.6. The van der Waals surface area contributed by atoms with Crippen LogP contribution >= 0.6 is 0 Å². The molecule has 0 unspecified atom stereocenters. The molecule has 2 heterocycles. The van der Waals surface area contributed by atoms with Crippen molar-refractivity contribution in [2.45, 2.75) is 6.54 Å². The van der Waals surface area contributed by atoms with Crippen LogP contribution in [0.3, 0.4) is 0 Å². The van der Waals surface area contributed by atoms with Crippen molar-refractivity contribution in [1.82, 2.24) is 19.8 Å². The van der Waals surface area contributed by atoms with Crippen LogP contribution in [0.15, 0.2) is 34.0 Å². The highest BCUT2D eigenvalue weighted by Gasteiger charge is 2.17. The molecule has 0 bridgehead atoms. The first kappa shape index (κ1) is 17.7. The van der Waals surface area contributed by atoms with Crippen molar-refractivity contribution in [2.24, 2.45) is 0 Å². The molecule has 138 valence electrons. The van der Waals surface area contributed by atoms with E-state index in [2.05, 4.69) is 10.3 Å². The highest BCUT2D eigenvalue weighted by atomic mass is 16.7. The number of carbonyl (C=O) groups excluding carboxylic acids is 1. The van der Waals surface area contributed by atoms with Gasteiger partial charge in [0.05, 0.1) is 6.54 Å². The zero-order valence-electron chi connectivity index (χ0n) is 14.6. The van der Waals surface area contributed by atoms with E-state index in [0.29, 0.717) is 30.2 Å². The fourth-order valence-corrected chi connectivity index (χ4v) is 2.53. The van der Waals surface area contributed by atoms with E-state index < -0.39 is 17.2 Å². The normalized spacial score (nSPS) is 12.4. The van der Waals surface area contributed by atoms with Crippen LogP contribution in [0.25, 0.3) is 0 Å². The number of aromatic nitrogens is 2. The van der Waals surface area contributed by atoms with Gasteiger partial charge < -0.3 is 24.7 Å². The summed E-state index contributed by atoms with van der Waals surface area (Å²) >= 11 is 0. The summed E-state index contributed by atoms with van der Waals surface area (Å²) in [6.45, 7) is 1.19. The summed E-state index contributed by atoms with van der Waals surface area (Å²) in [5.74, 6) is 0.654. The average molecular weight is 360 g/mol. The van der Waals surface area contributed by atoms with Gasteiger partial charge in [-0.2, -0.15) is 0 Å². The van der Waals surface area contributed by atoms with Crippen LogP contribution in [0.1, 0.15) is 15.9 Å². The minimum atomic E-state index is -0.645. The van der Waals surface area contributed by atoms with Gasteiger partial charge in [0, 0.05) is 19.3 Å². The van der Waals surface area contributed by atoms with Crippen molar-refractivity contribution in [3.05, 3.63) is 56.4 Å². The molecule has 26 heavy (non-hydrogen) atoms. The Morgan fingerprint density at radius 1 is 1.27 bits per heavy atom. The highest BCUT2D eigenvalue weighted by Crippen LogP contribution is 2.32. The summed E-state index contributed by atoms with van der Waals surface area (Å²) < 4.78 is 11.5. The Labute approximate surface area is 149 Å². The van der Waals surface area contributed by atoms with Gasteiger partial charge in [0.2, 0.25) is 6.79 Å². The predicted molar refractivity (Wildman–Crippen MR) is 93.9 cm³/mol. The highest BCUT2D eigenvalue weighted by molar-refractivity contribution is 5.93. The van der Waals surface area contributed by atoms with Crippen molar-refractivity contribution in [1.29, 1.82) is 0 Å². The Hall–Kier alpha value is -3.07. The lowest BCUT2D eigenvalue weighted by atomic mass is 10.2. The molecule has 9 nitrogen and oxygen atoms in total. The molecule has 1 aromatic carbocycles. The Morgan fingerprint density at radius 3 is 2.81 bits per heavy atom. The summed E-state index contributed by atoms with van der Waals surface area (Å²) in [5.41, 5.74) is -0.651. The summed E-state index contributed by atoms with van der Waals surface area (Å²) in [4.78, 5) is 41.2. The first-order valence-electron chi connectivity index (χ1n) is 8.09. The van der Waals surface area contributed by atoms with E-state index in [1.165, 1.54) is 0 Å². The third-order valence-electron chi connectivity index (χ3n) is 3.93. The molecule has 2 N–H and O–H groups in total. The van der Waals surface area contributed by atoms with E-state index in [1.807, 2.05) is 19.0 Å². The molecular weight excluding hydrogens is 340 g/mol. The SMILES string of the molecule is CN(C)CCNC(=O)c1c[nH]c(=O)n(Cc2ccc3c(c2)OCO3)c1=O. The van der Waals surface area contributed by atoms with Gasteiger partial charge in [0.1, 0.15) is 5.56 Å². The van der Waals surface area contributed by atoms with E-state index in [-0.39, 0.29) is 18.9 Å². The van der Waals surface area contributed by atoms with Crippen LogP contribution in [0.2, 0.25) is 0 Å². The van der Waals surface area contributed by atoms with Gasteiger partial charge >= 0.3 is 5.69 Å². The van der Waals surface area contributed by atoms with Crippen LogP contribution in [-0.2, 0) is 6.54 Å². The molecule has 0 spiro atoms. The van der Waals surface area contributed by atoms with Gasteiger partial charge in [-0.3, -0.25) is 14.2 Å². The summed E-state index contributed by atoms with van der Waals surface area (Å²) in [6.07, 6.45) is 1.14. The molecule has 1 amide bonds. The zero-order valence-corrected chi connectivity index (χ0v) is 14.6. The lowest BCUT2D eigenvalue weighted by Gasteiger charge is -2.11. The molecule has 1 aliphatic rings. The number of carbonyl (C=O) groups is 1. The van der Waals surface area contributed by atoms with Gasteiger partial charge in [-0.25, -0.2) is 4.79 Å². The molecule has 1 aliphatic heterocycles. The molecule has 0 saturated carbocycles. The third-order valence-corrected chi connectivity index (χ3v) is 3.93. The smallest absolute Gasteiger partial charge is 0.328 e. The minimum absolute atomic E-state index is 0.0175. The molecule has 1 aromatic heterocycles. The number of aromatic amines is 1. The molecule has 0 atom stereocenters. The third kappa shape index (κ3) is 3.77. The second kappa shape index (κ2) is 7.44. The molecular formula is C17H20N4O5. The number of ether oxygens (including phenoxy) is 2. The molecule has 0 aliphatic carbocycles. The topological polar surface area (TPSA) is 106 Å². The van der Waals surface area contributed by atoms with Crippen LogP contribution in [0, 0.1) is 0 Å². The summed E-state index contributed by atoms with van der Waals surface area (Å²) in [7, 11) is 3.76. The van der Waals surface area contributed by atoms with E-state index in [1.54, 1.807) is 18.2 Å².